The first-order valence-electron chi connectivity index (χ1n) is 6.15. The predicted octanol–water partition coefficient (Wildman–Crippen LogP) is 2.17. The molecule has 0 spiro atoms. The molecule has 1 unspecified atom stereocenters. The van der Waals surface area contributed by atoms with Crippen LogP contribution in [0.25, 0.3) is 0 Å². The monoisotopic (exact) mass is 254 g/mol. The van der Waals surface area contributed by atoms with Crippen molar-refractivity contribution >= 4 is 0 Å². The summed E-state index contributed by atoms with van der Waals surface area (Å²) in [4.78, 5) is 0. The summed E-state index contributed by atoms with van der Waals surface area (Å²) in [6, 6.07) is 7.38. The molecule has 0 radical (unpaired) electrons. The summed E-state index contributed by atoms with van der Waals surface area (Å²) in [5.74, 6) is 0.673. The molecule has 0 aliphatic heterocycles. The molecule has 0 fully saturated rings. The van der Waals surface area contributed by atoms with E-state index in [9.17, 15) is 5.11 Å². The van der Waals surface area contributed by atoms with Crippen LogP contribution in [0, 0.1) is 0 Å². The highest BCUT2D eigenvalue weighted by molar-refractivity contribution is 5.34. The Kier molecular flexibility index (Phi) is 6.72. The van der Waals surface area contributed by atoms with Crippen molar-refractivity contribution < 1.29 is 19.3 Å². The van der Waals surface area contributed by atoms with Gasteiger partial charge >= 0.3 is 0 Å². The van der Waals surface area contributed by atoms with Crippen molar-refractivity contribution in [2.75, 3.05) is 26.9 Å². The molecule has 1 N–H and O–H groups in total. The number of aliphatic hydroxyl groups is 1. The summed E-state index contributed by atoms with van der Waals surface area (Å²) in [5.41, 5.74) is 0.741. The third kappa shape index (κ3) is 5.04. The van der Waals surface area contributed by atoms with Crippen molar-refractivity contribution in [2.45, 2.75) is 26.1 Å². The molecule has 0 aliphatic carbocycles. The Bertz CT molecular complexity index is 338. The maximum atomic E-state index is 10.00. The summed E-state index contributed by atoms with van der Waals surface area (Å²) >= 11 is 0. The highest BCUT2D eigenvalue weighted by atomic mass is 16.5. The Morgan fingerprint density at radius 2 is 1.89 bits per heavy atom. The van der Waals surface area contributed by atoms with E-state index in [1.165, 1.54) is 0 Å². The maximum absolute atomic E-state index is 10.00. The molecule has 1 aromatic rings. The zero-order valence-corrected chi connectivity index (χ0v) is 11.3. The van der Waals surface area contributed by atoms with Gasteiger partial charge in [0.25, 0.3) is 0 Å². The van der Waals surface area contributed by atoms with Gasteiger partial charge in [0.1, 0.15) is 11.9 Å². The van der Waals surface area contributed by atoms with Crippen LogP contribution in [0.3, 0.4) is 0 Å². The van der Waals surface area contributed by atoms with Crippen LogP contribution in [0.2, 0.25) is 0 Å². The molecular formula is C14H22O4. The minimum Gasteiger partial charge on any atom is -0.496 e. The SMILES string of the molecule is COc1ccccc1C(O)COCCOC(C)C. The van der Waals surface area contributed by atoms with Crippen LogP contribution in [-0.2, 0) is 9.47 Å². The minimum absolute atomic E-state index is 0.202. The van der Waals surface area contributed by atoms with Gasteiger partial charge in [0.05, 0.1) is 33.0 Å². The Hall–Kier alpha value is -1.10. The van der Waals surface area contributed by atoms with E-state index in [4.69, 9.17) is 14.2 Å². The number of benzene rings is 1. The van der Waals surface area contributed by atoms with Gasteiger partial charge < -0.3 is 19.3 Å². The fourth-order valence-electron chi connectivity index (χ4n) is 1.57. The maximum Gasteiger partial charge on any atom is 0.124 e. The van der Waals surface area contributed by atoms with Gasteiger partial charge in [-0.1, -0.05) is 18.2 Å². The predicted molar refractivity (Wildman–Crippen MR) is 69.9 cm³/mol. The third-order valence-electron chi connectivity index (χ3n) is 2.45. The number of para-hydroxylation sites is 1. The summed E-state index contributed by atoms with van der Waals surface area (Å²) in [7, 11) is 1.59. The van der Waals surface area contributed by atoms with Crippen LogP contribution >= 0.6 is 0 Å². The highest BCUT2D eigenvalue weighted by Crippen LogP contribution is 2.24. The van der Waals surface area contributed by atoms with E-state index >= 15 is 0 Å². The third-order valence-corrected chi connectivity index (χ3v) is 2.45. The average molecular weight is 254 g/mol. The molecule has 4 heteroatoms. The molecule has 102 valence electrons. The fourth-order valence-corrected chi connectivity index (χ4v) is 1.57. The molecule has 1 atom stereocenters. The average Bonchev–Trinajstić information content (AvgIpc) is 2.37. The standard InChI is InChI=1S/C14H22O4/c1-11(2)18-9-8-17-10-13(15)12-6-4-5-7-14(12)16-3/h4-7,11,13,15H,8-10H2,1-3H3. The molecule has 18 heavy (non-hydrogen) atoms. The van der Waals surface area contributed by atoms with Crippen LogP contribution in [0.5, 0.6) is 5.75 Å². The minimum atomic E-state index is -0.680. The van der Waals surface area contributed by atoms with Crippen molar-refractivity contribution in [1.29, 1.82) is 0 Å². The van der Waals surface area contributed by atoms with Crippen LogP contribution in [0.1, 0.15) is 25.5 Å². The largest absolute Gasteiger partial charge is 0.496 e. The van der Waals surface area contributed by atoms with Crippen LogP contribution in [0.15, 0.2) is 24.3 Å². The van der Waals surface area contributed by atoms with Gasteiger partial charge in [-0.2, -0.15) is 0 Å². The van der Waals surface area contributed by atoms with E-state index in [1.807, 2.05) is 38.1 Å². The zero-order chi connectivity index (χ0) is 13.4. The lowest BCUT2D eigenvalue weighted by Gasteiger charge is -2.15. The molecule has 0 amide bonds. The summed E-state index contributed by atoms with van der Waals surface area (Å²) in [6.45, 7) is 5.20. The summed E-state index contributed by atoms with van der Waals surface area (Å²) in [6.07, 6.45) is -0.479. The van der Waals surface area contributed by atoms with Crippen molar-refractivity contribution in [2.24, 2.45) is 0 Å². The van der Waals surface area contributed by atoms with Crippen molar-refractivity contribution in [3.63, 3.8) is 0 Å². The molecule has 0 saturated carbocycles. The first-order chi connectivity index (χ1) is 8.65. The second-order valence-corrected chi connectivity index (χ2v) is 4.25. The molecule has 0 aromatic heterocycles. The Morgan fingerprint density at radius 3 is 2.56 bits per heavy atom. The van der Waals surface area contributed by atoms with Crippen LogP contribution in [-0.4, -0.2) is 38.1 Å². The topological polar surface area (TPSA) is 47.9 Å². The quantitative estimate of drug-likeness (QED) is 0.722. The smallest absolute Gasteiger partial charge is 0.124 e. The first kappa shape index (κ1) is 15.0. The van der Waals surface area contributed by atoms with E-state index in [0.29, 0.717) is 19.0 Å². The van der Waals surface area contributed by atoms with Gasteiger partial charge in [-0.15, -0.1) is 0 Å². The Morgan fingerprint density at radius 1 is 1.17 bits per heavy atom. The summed E-state index contributed by atoms with van der Waals surface area (Å²) < 4.78 is 15.9. The van der Waals surface area contributed by atoms with Gasteiger partial charge in [-0.25, -0.2) is 0 Å². The van der Waals surface area contributed by atoms with Gasteiger partial charge in [0.2, 0.25) is 0 Å². The van der Waals surface area contributed by atoms with Gasteiger partial charge in [-0.3, -0.25) is 0 Å². The lowest BCUT2D eigenvalue weighted by molar-refractivity contribution is -0.0115. The van der Waals surface area contributed by atoms with Crippen molar-refractivity contribution in [3.05, 3.63) is 29.8 Å². The van der Waals surface area contributed by atoms with E-state index in [0.717, 1.165) is 5.56 Å². The molecule has 4 nitrogen and oxygen atoms in total. The lowest BCUT2D eigenvalue weighted by Crippen LogP contribution is -2.14. The number of ether oxygens (including phenoxy) is 3. The van der Waals surface area contributed by atoms with Gasteiger partial charge in [-0.05, 0) is 19.9 Å². The first-order valence-corrected chi connectivity index (χ1v) is 6.15. The molecule has 0 saturated heterocycles. The summed E-state index contributed by atoms with van der Waals surface area (Å²) in [5, 5.41) is 10.00. The second kappa shape index (κ2) is 8.08. The normalized spacial score (nSPS) is 12.7. The van der Waals surface area contributed by atoms with E-state index in [1.54, 1.807) is 7.11 Å². The number of aliphatic hydroxyl groups excluding tert-OH is 1. The molecule has 0 aliphatic rings. The molecule has 1 rings (SSSR count). The zero-order valence-electron chi connectivity index (χ0n) is 11.3. The molecule has 0 bridgehead atoms. The molecule has 1 aromatic carbocycles. The van der Waals surface area contributed by atoms with Crippen LogP contribution < -0.4 is 4.74 Å². The lowest BCUT2D eigenvalue weighted by atomic mass is 10.1. The second-order valence-electron chi connectivity index (χ2n) is 4.25. The fraction of sp³-hybridized carbons (Fsp3) is 0.571. The van der Waals surface area contributed by atoms with Crippen molar-refractivity contribution in [1.82, 2.24) is 0 Å². The van der Waals surface area contributed by atoms with E-state index in [2.05, 4.69) is 0 Å². The Labute approximate surface area is 108 Å². The van der Waals surface area contributed by atoms with E-state index in [-0.39, 0.29) is 12.7 Å². The van der Waals surface area contributed by atoms with Crippen LogP contribution in [0.4, 0.5) is 0 Å². The Balaban J connectivity index is 2.34. The number of rotatable bonds is 8. The van der Waals surface area contributed by atoms with Gasteiger partial charge in [0.15, 0.2) is 0 Å². The number of hydrogen-bond donors (Lipinski definition) is 1. The molecular weight excluding hydrogens is 232 g/mol. The van der Waals surface area contributed by atoms with Crippen molar-refractivity contribution in [3.8, 4) is 5.75 Å². The highest BCUT2D eigenvalue weighted by Gasteiger charge is 2.12. The van der Waals surface area contributed by atoms with E-state index < -0.39 is 6.10 Å². The number of methoxy groups -OCH3 is 1. The van der Waals surface area contributed by atoms with Gasteiger partial charge in [0, 0.05) is 5.56 Å². The number of hydrogen-bond acceptors (Lipinski definition) is 4. The molecule has 0 heterocycles.